The highest BCUT2D eigenvalue weighted by atomic mass is 16.3. The highest BCUT2D eigenvalue weighted by Crippen LogP contribution is 2.32. The van der Waals surface area contributed by atoms with Crippen LogP contribution in [0.3, 0.4) is 0 Å². The van der Waals surface area contributed by atoms with Gasteiger partial charge in [-0.25, -0.2) is 0 Å². The highest BCUT2D eigenvalue weighted by molar-refractivity contribution is 5.14. The van der Waals surface area contributed by atoms with Crippen molar-refractivity contribution in [1.29, 1.82) is 0 Å². The van der Waals surface area contributed by atoms with Gasteiger partial charge in [-0.1, -0.05) is 27.7 Å². The summed E-state index contributed by atoms with van der Waals surface area (Å²) in [4.78, 5) is 0. The first-order valence-electron chi connectivity index (χ1n) is 5.07. The minimum absolute atomic E-state index is 0.140. The topological polar surface area (TPSA) is 38.0 Å². The van der Waals surface area contributed by atoms with Crippen LogP contribution in [-0.4, -0.2) is 14.9 Å². The van der Waals surface area contributed by atoms with Crippen molar-refractivity contribution in [2.75, 3.05) is 0 Å². The van der Waals surface area contributed by atoms with E-state index in [0.29, 0.717) is 0 Å². The number of hydrogen-bond acceptors (Lipinski definition) is 2. The van der Waals surface area contributed by atoms with Crippen molar-refractivity contribution >= 4 is 0 Å². The van der Waals surface area contributed by atoms with Gasteiger partial charge in [-0.2, -0.15) is 5.10 Å². The largest absolute Gasteiger partial charge is 0.386 e. The molecule has 1 heterocycles. The summed E-state index contributed by atoms with van der Waals surface area (Å²) in [5.41, 5.74) is 1.79. The van der Waals surface area contributed by atoms with E-state index in [0.717, 1.165) is 17.8 Å². The lowest BCUT2D eigenvalue weighted by atomic mass is 9.87. The second kappa shape index (κ2) is 3.73. The van der Waals surface area contributed by atoms with Gasteiger partial charge in [0.2, 0.25) is 0 Å². The van der Waals surface area contributed by atoms with Crippen molar-refractivity contribution in [3.63, 3.8) is 0 Å². The monoisotopic (exact) mass is 196 g/mol. The zero-order valence-corrected chi connectivity index (χ0v) is 9.70. The van der Waals surface area contributed by atoms with Gasteiger partial charge in [0.05, 0.1) is 11.4 Å². The van der Waals surface area contributed by atoms with Crippen LogP contribution in [-0.2, 0) is 13.5 Å². The van der Waals surface area contributed by atoms with Crippen LogP contribution in [0.2, 0.25) is 0 Å². The molecule has 0 aliphatic rings. The molecule has 0 aromatic carbocycles. The summed E-state index contributed by atoms with van der Waals surface area (Å²) in [5.74, 6) is 0. The van der Waals surface area contributed by atoms with E-state index in [1.807, 2.05) is 33.9 Å². The Morgan fingerprint density at radius 1 is 1.50 bits per heavy atom. The number of aliphatic hydroxyl groups is 1. The molecule has 1 unspecified atom stereocenters. The van der Waals surface area contributed by atoms with Gasteiger partial charge < -0.3 is 5.11 Å². The molecule has 14 heavy (non-hydrogen) atoms. The molecule has 3 nitrogen and oxygen atoms in total. The van der Waals surface area contributed by atoms with Crippen LogP contribution < -0.4 is 0 Å². The van der Waals surface area contributed by atoms with Gasteiger partial charge in [0.15, 0.2) is 0 Å². The van der Waals surface area contributed by atoms with Gasteiger partial charge in [-0.15, -0.1) is 0 Å². The molecule has 0 bridgehead atoms. The summed E-state index contributed by atoms with van der Waals surface area (Å²) in [5, 5.41) is 14.4. The van der Waals surface area contributed by atoms with E-state index in [9.17, 15) is 5.11 Å². The Morgan fingerprint density at radius 3 is 2.43 bits per heavy atom. The van der Waals surface area contributed by atoms with Crippen LogP contribution >= 0.6 is 0 Å². The summed E-state index contributed by atoms with van der Waals surface area (Å²) in [7, 11) is 1.88. The molecule has 3 heteroatoms. The van der Waals surface area contributed by atoms with E-state index in [2.05, 4.69) is 12.0 Å². The van der Waals surface area contributed by atoms with Crippen LogP contribution in [0.4, 0.5) is 0 Å². The van der Waals surface area contributed by atoms with Crippen LogP contribution in [0.15, 0.2) is 6.07 Å². The third kappa shape index (κ3) is 2.15. The summed E-state index contributed by atoms with van der Waals surface area (Å²) in [6, 6.07) is 1.98. The SMILES string of the molecule is CCc1cc(C(O)C(C)(C)C)n(C)n1. The highest BCUT2D eigenvalue weighted by Gasteiger charge is 2.26. The molecule has 0 aliphatic carbocycles. The fraction of sp³-hybridized carbons (Fsp3) is 0.727. The second-order valence-electron chi connectivity index (χ2n) is 4.81. The van der Waals surface area contributed by atoms with E-state index >= 15 is 0 Å². The average Bonchev–Trinajstić information content (AvgIpc) is 2.43. The summed E-state index contributed by atoms with van der Waals surface area (Å²) in [6.45, 7) is 8.14. The molecular formula is C11H20N2O. The fourth-order valence-electron chi connectivity index (χ4n) is 1.42. The third-order valence-corrected chi connectivity index (χ3v) is 2.43. The van der Waals surface area contributed by atoms with Gasteiger partial charge in [-0.3, -0.25) is 4.68 Å². The Labute approximate surface area is 85.8 Å². The quantitative estimate of drug-likeness (QED) is 0.786. The zero-order valence-electron chi connectivity index (χ0n) is 9.70. The molecular weight excluding hydrogens is 176 g/mol. The Hall–Kier alpha value is -0.830. The predicted molar refractivity (Wildman–Crippen MR) is 57.0 cm³/mol. The smallest absolute Gasteiger partial charge is 0.100 e. The molecule has 0 aliphatic heterocycles. The lowest BCUT2D eigenvalue weighted by molar-refractivity contribution is 0.0555. The van der Waals surface area contributed by atoms with E-state index in [-0.39, 0.29) is 5.41 Å². The van der Waals surface area contributed by atoms with Crippen LogP contribution in [0.1, 0.15) is 45.2 Å². The van der Waals surface area contributed by atoms with Crippen LogP contribution in [0, 0.1) is 5.41 Å². The Morgan fingerprint density at radius 2 is 2.07 bits per heavy atom. The molecule has 1 rings (SSSR count). The van der Waals surface area contributed by atoms with Gasteiger partial charge in [0, 0.05) is 7.05 Å². The van der Waals surface area contributed by atoms with E-state index in [1.54, 1.807) is 4.68 Å². The minimum atomic E-state index is -0.458. The van der Waals surface area contributed by atoms with Gasteiger partial charge in [0.25, 0.3) is 0 Å². The molecule has 0 saturated carbocycles. The maximum Gasteiger partial charge on any atom is 0.100 e. The number of aromatic nitrogens is 2. The molecule has 0 spiro atoms. The molecule has 0 fully saturated rings. The number of aryl methyl sites for hydroxylation is 2. The van der Waals surface area contributed by atoms with Gasteiger partial charge in [0.1, 0.15) is 6.10 Å². The summed E-state index contributed by atoms with van der Waals surface area (Å²) < 4.78 is 1.77. The fourth-order valence-corrected chi connectivity index (χ4v) is 1.42. The maximum atomic E-state index is 10.1. The standard InChI is InChI=1S/C11H20N2O/c1-6-8-7-9(13(5)12-8)10(14)11(2,3)4/h7,10,14H,6H2,1-5H3. The molecule has 80 valence electrons. The van der Waals surface area contributed by atoms with E-state index in [1.165, 1.54) is 0 Å². The first-order valence-corrected chi connectivity index (χ1v) is 5.07. The van der Waals surface area contributed by atoms with Gasteiger partial charge in [-0.05, 0) is 17.9 Å². The predicted octanol–water partition coefficient (Wildman–Crippen LogP) is 2.06. The van der Waals surface area contributed by atoms with Crippen LogP contribution in [0.5, 0.6) is 0 Å². The molecule has 0 amide bonds. The van der Waals surface area contributed by atoms with Crippen LogP contribution in [0.25, 0.3) is 0 Å². The van der Waals surface area contributed by atoms with Crippen molar-refractivity contribution in [1.82, 2.24) is 9.78 Å². The maximum absolute atomic E-state index is 10.1. The van der Waals surface area contributed by atoms with E-state index < -0.39 is 6.10 Å². The molecule has 1 atom stereocenters. The van der Waals surface area contributed by atoms with Crippen molar-refractivity contribution < 1.29 is 5.11 Å². The Bertz CT molecular complexity index is 310. The van der Waals surface area contributed by atoms with Crippen molar-refractivity contribution in [2.45, 2.75) is 40.2 Å². The van der Waals surface area contributed by atoms with Crippen molar-refractivity contribution in [2.24, 2.45) is 12.5 Å². The second-order valence-corrected chi connectivity index (χ2v) is 4.81. The normalized spacial score (nSPS) is 14.4. The lowest BCUT2D eigenvalue weighted by Gasteiger charge is -2.25. The Balaban J connectivity index is 3.01. The number of rotatable bonds is 2. The summed E-state index contributed by atoms with van der Waals surface area (Å²) >= 11 is 0. The number of aliphatic hydroxyl groups excluding tert-OH is 1. The average molecular weight is 196 g/mol. The molecule has 1 N–H and O–H groups in total. The zero-order chi connectivity index (χ0) is 10.9. The Kier molecular flexibility index (Phi) is 3.00. The minimum Gasteiger partial charge on any atom is -0.386 e. The van der Waals surface area contributed by atoms with E-state index in [4.69, 9.17) is 0 Å². The van der Waals surface area contributed by atoms with Crippen molar-refractivity contribution in [3.8, 4) is 0 Å². The molecule has 1 aromatic heterocycles. The first kappa shape index (κ1) is 11.2. The number of hydrogen-bond donors (Lipinski definition) is 1. The summed E-state index contributed by atoms with van der Waals surface area (Å²) in [6.07, 6.45) is 0.449. The molecule has 1 aromatic rings. The van der Waals surface area contributed by atoms with Crippen molar-refractivity contribution in [3.05, 3.63) is 17.5 Å². The van der Waals surface area contributed by atoms with Gasteiger partial charge >= 0.3 is 0 Å². The lowest BCUT2D eigenvalue weighted by Crippen LogP contribution is -2.20. The molecule has 0 saturated heterocycles. The number of nitrogens with zero attached hydrogens (tertiary/aromatic N) is 2. The molecule has 0 radical (unpaired) electrons. The first-order chi connectivity index (χ1) is 6.36. The third-order valence-electron chi connectivity index (χ3n) is 2.43.